The third kappa shape index (κ3) is 3.33. The fourth-order valence-corrected chi connectivity index (χ4v) is 3.72. The van der Waals surface area contributed by atoms with Gasteiger partial charge in [0.15, 0.2) is 0 Å². The van der Waals surface area contributed by atoms with Crippen molar-refractivity contribution in [2.24, 2.45) is 0 Å². The largest absolute Gasteiger partial charge is 0.368 e. The molecule has 1 aromatic heterocycles. The molecular weight excluding hydrogens is 276 g/mol. The van der Waals surface area contributed by atoms with Crippen LogP contribution in [0.4, 0.5) is 11.8 Å². The summed E-state index contributed by atoms with van der Waals surface area (Å²) < 4.78 is 0. The Balaban J connectivity index is 1.56. The van der Waals surface area contributed by atoms with Crippen LogP contribution in [0.5, 0.6) is 0 Å². The van der Waals surface area contributed by atoms with Crippen molar-refractivity contribution >= 4 is 11.8 Å². The van der Waals surface area contributed by atoms with Crippen LogP contribution in [0.15, 0.2) is 6.07 Å². The molecule has 1 aromatic rings. The summed E-state index contributed by atoms with van der Waals surface area (Å²) in [6.45, 7) is 6.55. The van der Waals surface area contributed by atoms with Crippen molar-refractivity contribution in [3.05, 3.63) is 11.8 Å². The van der Waals surface area contributed by atoms with Crippen LogP contribution in [-0.2, 0) is 0 Å². The van der Waals surface area contributed by atoms with E-state index in [4.69, 9.17) is 5.73 Å². The minimum Gasteiger partial charge on any atom is -0.368 e. The lowest BCUT2D eigenvalue weighted by atomic mass is 10.0. The Hall–Kier alpha value is -1.40. The summed E-state index contributed by atoms with van der Waals surface area (Å²) in [5, 5.41) is 0. The lowest BCUT2D eigenvalue weighted by molar-refractivity contribution is 0.189. The molecule has 0 radical (unpaired) electrons. The number of hydrogen-bond donors (Lipinski definition) is 1. The van der Waals surface area contributed by atoms with Crippen molar-refractivity contribution in [2.45, 2.75) is 38.3 Å². The average Bonchev–Trinajstić information content (AvgIpc) is 2.96. The van der Waals surface area contributed by atoms with Crippen LogP contribution in [0, 0.1) is 6.92 Å². The number of aryl methyl sites for hydroxylation is 1. The van der Waals surface area contributed by atoms with E-state index in [0.29, 0.717) is 5.95 Å². The molecule has 2 aliphatic heterocycles. The van der Waals surface area contributed by atoms with E-state index in [1.165, 1.54) is 32.4 Å². The molecule has 2 fully saturated rings. The van der Waals surface area contributed by atoms with Gasteiger partial charge in [-0.25, -0.2) is 4.98 Å². The quantitative estimate of drug-likeness (QED) is 0.898. The molecule has 6 heteroatoms. The van der Waals surface area contributed by atoms with E-state index in [1.54, 1.807) is 0 Å². The van der Waals surface area contributed by atoms with E-state index in [-0.39, 0.29) is 0 Å². The maximum atomic E-state index is 5.77. The van der Waals surface area contributed by atoms with Gasteiger partial charge in [0, 0.05) is 50.0 Å². The molecule has 3 heterocycles. The molecule has 22 heavy (non-hydrogen) atoms. The summed E-state index contributed by atoms with van der Waals surface area (Å²) >= 11 is 0. The molecule has 2 aliphatic rings. The average molecular weight is 304 g/mol. The van der Waals surface area contributed by atoms with Crippen LogP contribution in [0.1, 0.15) is 25.0 Å². The SMILES string of the molecule is Cc1cc(N2CCC(N3CC[C@H](N(C)C)C3)CC2)nc(N)n1. The summed E-state index contributed by atoms with van der Waals surface area (Å²) in [5.74, 6) is 1.36. The van der Waals surface area contributed by atoms with Crippen molar-refractivity contribution in [1.82, 2.24) is 19.8 Å². The number of rotatable bonds is 3. The number of nitrogen functional groups attached to an aromatic ring is 1. The molecule has 0 saturated carbocycles. The summed E-state index contributed by atoms with van der Waals surface area (Å²) in [6, 6.07) is 3.48. The molecule has 0 bridgehead atoms. The summed E-state index contributed by atoms with van der Waals surface area (Å²) in [7, 11) is 4.39. The third-order valence-corrected chi connectivity index (χ3v) is 5.09. The van der Waals surface area contributed by atoms with E-state index in [9.17, 15) is 0 Å². The maximum absolute atomic E-state index is 5.77. The second-order valence-corrected chi connectivity index (χ2v) is 6.84. The number of likely N-dealkylation sites (tertiary alicyclic amines) is 1. The fraction of sp³-hybridized carbons (Fsp3) is 0.750. The van der Waals surface area contributed by atoms with E-state index >= 15 is 0 Å². The number of nitrogens with two attached hydrogens (primary N) is 1. The minimum absolute atomic E-state index is 0.380. The number of piperidine rings is 1. The highest BCUT2D eigenvalue weighted by atomic mass is 15.3. The molecule has 6 nitrogen and oxygen atoms in total. The van der Waals surface area contributed by atoms with Gasteiger partial charge in [0.25, 0.3) is 0 Å². The number of anilines is 2. The van der Waals surface area contributed by atoms with Gasteiger partial charge in [0.2, 0.25) is 5.95 Å². The van der Waals surface area contributed by atoms with Crippen LogP contribution < -0.4 is 10.6 Å². The first-order chi connectivity index (χ1) is 10.5. The van der Waals surface area contributed by atoms with Crippen LogP contribution >= 0.6 is 0 Å². The molecule has 2 N–H and O–H groups in total. The molecule has 0 spiro atoms. The zero-order valence-electron chi connectivity index (χ0n) is 14.0. The topological polar surface area (TPSA) is 61.5 Å². The number of nitrogens with zero attached hydrogens (tertiary/aromatic N) is 5. The van der Waals surface area contributed by atoms with E-state index in [2.05, 4.69) is 38.8 Å². The predicted molar refractivity (Wildman–Crippen MR) is 90.1 cm³/mol. The highest BCUT2D eigenvalue weighted by Gasteiger charge is 2.31. The Bertz CT molecular complexity index is 489. The van der Waals surface area contributed by atoms with E-state index < -0.39 is 0 Å². The van der Waals surface area contributed by atoms with Crippen LogP contribution in [0.2, 0.25) is 0 Å². The van der Waals surface area contributed by atoms with Gasteiger partial charge in [-0.3, -0.25) is 4.90 Å². The highest BCUT2D eigenvalue weighted by molar-refractivity contribution is 5.43. The lowest BCUT2D eigenvalue weighted by Gasteiger charge is -2.37. The van der Waals surface area contributed by atoms with E-state index in [1.807, 2.05) is 13.0 Å². The Kier molecular flexibility index (Phi) is 4.49. The van der Waals surface area contributed by atoms with Gasteiger partial charge < -0.3 is 15.5 Å². The van der Waals surface area contributed by atoms with Gasteiger partial charge in [0.05, 0.1) is 0 Å². The first-order valence-corrected chi connectivity index (χ1v) is 8.29. The van der Waals surface area contributed by atoms with Gasteiger partial charge in [0.1, 0.15) is 5.82 Å². The monoisotopic (exact) mass is 304 g/mol. The van der Waals surface area contributed by atoms with Crippen LogP contribution in [-0.4, -0.2) is 72.1 Å². The molecule has 0 aromatic carbocycles. The fourth-order valence-electron chi connectivity index (χ4n) is 3.72. The lowest BCUT2D eigenvalue weighted by Crippen LogP contribution is -2.45. The van der Waals surface area contributed by atoms with E-state index in [0.717, 1.165) is 36.7 Å². The maximum Gasteiger partial charge on any atom is 0.222 e. The standard InChI is InChI=1S/C16H28N6/c1-12-10-15(19-16(17)18-12)21-7-4-13(5-8-21)22-9-6-14(11-22)20(2)3/h10,13-14H,4-9,11H2,1-3H3,(H2,17,18,19)/t14-/m0/s1. The third-order valence-electron chi connectivity index (χ3n) is 5.09. The van der Waals surface area contributed by atoms with Crippen molar-refractivity contribution < 1.29 is 0 Å². The number of aromatic nitrogens is 2. The second-order valence-electron chi connectivity index (χ2n) is 6.84. The minimum atomic E-state index is 0.380. The molecule has 122 valence electrons. The van der Waals surface area contributed by atoms with Crippen molar-refractivity contribution in [3.63, 3.8) is 0 Å². The Morgan fingerprint density at radius 1 is 1.14 bits per heavy atom. The molecule has 0 aliphatic carbocycles. The van der Waals surface area contributed by atoms with Crippen LogP contribution in [0.25, 0.3) is 0 Å². The zero-order valence-corrected chi connectivity index (χ0v) is 14.0. The second kappa shape index (κ2) is 6.38. The molecule has 1 atom stereocenters. The summed E-state index contributed by atoms with van der Waals surface area (Å²) in [4.78, 5) is 15.9. The molecule has 3 rings (SSSR count). The molecule has 0 amide bonds. The van der Waals surface area contributed by atoms with Gasteiger partial charge in [-0.05, 0) is 40.3 Å². The van der Waals surface area contributed by atoms with Crippen LogP contribution in [0.3, 0.4) is 0 Å². The number of likely N-dealkylation sites (N-methyl/N-ethyl adjacent to an activating group) is 1. The summed E-state index contributed by atoms with van der Waals surface area (Å²) in [5.41, 5.74) is 6.72. The smallest absolute Gasteiger partial charge is 0.222 e. The van der Waals surface area contributed by atoms with Gasteiger partial charge in [-0.1, -0.05) is 0 Å². The Morgan fingerprint density at radius 3 is 2.45 bits per heavy atom. The zero-order chi connectivity index (χ0) is 15.7. The van der Waals surface area contributed by atoms with Crippen molar-refractivity contribution in [3.8, 4) is 0 Å². The Morgan fingerprint density at radius 2 is 1.86 bits per heavy atom. The summed E-state index contributed by atoms with van der Waals surface area (Å²) in [6.07, 6.45) is 3.72. The Labute approximate surface area is 133 Å². The molecule has 0 unspecified atom stereocenters. The van der Waals surface area contributed by atoms with Gasteiger partial charge >= 0.3 is 0 Å². The predicted octanol–water partition coefficient (Wildman–Crippen LogP) is 0.972. The van der Waals surface area contributed by atoms with Crippen molar-refractivity contribution in [1.29, 1.82) is 0 Å². The normalized spacial score (nSPS) is 24.4. The van der Waals surface area contributed by atoms with Crippen molar-refractivity contribution in [2.75, 3.05) is 50.9 Å². The van der Waals surface area contributed by atoms with Gasteiger partial charge in [-0.15, -0.1) is 0 Å². The first kappa shape index (κ1) is 15.5. The molecular formula is C16H28N6. The van der Waals surface area contributed by atoms with Gasteiger partial charge in [-0.2, -0.15) is 4.98 Å². The first-order valence-electron chi connectivity index (χ1n) is 8.29. The molecule has 2 saturated heterocycles. The number of hydrogen-bond acceptors (Lipinski definition) is 6. The highest BCUT2D eigenvalue weighted by Crippen LogP contribution is 2.25.